The highest BCUT2D eigenvalue weighted by atomic mass is 16.6. The van der Waals surface area contributed by atoms with E-state index in [1.54, 1.807) is 33.8 Å². The standard InChI is InChI=1S/C20H24O6/c1-10-9-14-15(20(6,16(10)23)26-12(3)22)13-7-8-18(14,4)17(24)19(13,5)25-11(2)21/h7-9,13-15H,1-6H3. The molecule has 0 aromatic carbocycles. The van der Waals surface area contributed by atoms with E-state index >= 15 is 0 Å². The maximum absolute atomic E-state index is 13.3. The van der Waals surface area contributed by atoms with Crippen molar-refractivity contribution in [3.8, 4) is 0 Å². The van der Waals surface area contributed by atoms with Gasteiger partial charge in [0.1, 0.15) is 0 Å². The Morgan fingerprint density at radius 1 is 0.962 bits per heavy atom. The molecule has 1 saturated carbocycles. The van der Waals surface area contributed by atoms with Gasteiger partial charge in [0.15, 0.2) is 17.0 Å². The average molecular weight is 360 g/mol. The first-order chi connectivity index (χ1) is 11.9. The lowest BCUT2D eigenvalue weighted by Crippen LogP contribution is -2.71. The summed E-state index contributed by atoms with van der Waals surface area (Å²) in [5.74, 6) is -3.00. The van der Waals surface area contributed by atoms with Crippen molar-refractivity contribution in [1.82, 2.24) is 0 Å². The van der Waals surface area contributed by atoms with Crippen molar-refractivity contribution >= 4 is 23.5 Å². The largest absolute Gasteiger partial charge is 0.451 e. The molecule has 1 fully saturated rings. The fourth-order valence-corrected chi connectivity index (χ4v) is 5.25. The minimum absolute atomic E-state index is 0.197. The summed E-state index contributed by atoms with van der Waals surface area (Å²) in [6.07, 6.45) is 5.47. The van der Waals surface area contributed by atoms with Crippen molar-refractivity contribution in [3.05, 3.63) is 23.8 Å². The summed E-state index contributed by atoms with van der Waals surface area (Å²) in [5.41, 5.74) is -3.31. The van der Waals surface area contributed by atoms with Gasteiger partial charge in [-0.1, -0.05) is 18.2 Å². The monoisotopic (exact) mass is 360 g/mol. The second-order valence-corrected chi connectivity index (χ2v) is 8.13. The molecular weight excluding hydrogens is 336 g/mol. The van der Waals surface area contributed by atoms with Crippen LogP contribution in [0, 0.1) is 23.2 Å². The highest BCUT2D eigenvalue weighted by Crippen LogP contribution is 2.61. The highest BCUT2D eigenvalue weighted by molar-refractivity contribution is 6.06. The second-order valence-electron chi connectivity index (χ2n) is 8.13. The molecule has 4 rings (SSSR count). The summed E-state index contributed by atoms with van der Waals surface area (Å²) in [4.78, 5) is 49.7. The molecule has 0 aliphatic heterocycles. The molecule has 2 bridgehead atoms. The number of fused-ring (bicyclic) bond motifs is 1. The molecule has 0 aromatic heterocycles. The summed E-state index contributed by atoms with van der Waals surface area (Å²) in [5, 5.41) is 0. The minimum atomic E-state index is -1.42. The molecule has 6 nitrogen and oxygen atoms in total. The fourth-order valence-electron chi connectivity index (χ4n) is 5.25. The number of ether oxygens (including phenoxy) is 2. The van der Waals surface area contributed by atoms with Crippen LogP contribution in [0.4, 0.5) is 0 Å². The van der Waals surface area contributed by atoms with Crippen LogP contribution in [0.25, 0.3) is 0 Å². The van der Waals surface area contributed by atoms with Gasteiger partial charge in [0.2, 0.25) is 5.78 Å². The zero-order valence-electron chi connectivity index (χ0n) is 15.9. The maximum Gasteiger partial charge on any atom is 0.303 e. The number of carbonyl (C=O) groups is 4. The van der Waals surface area contributed by atoms with Crippen molar-refractivity contribution < 1.29 is 28.7 Å². The quantitative estimate of drug-likeness (QED) is 0.554. The van der Waals surface area contributed by atoms with Crippen molar-refractivity contribution in [3.63, 3.8) is 0 Å². The van der Waals surface area contributed by atoms with Gasteiger partial charge in [0.05, 0.1) is 5.41 Å². The predicted octanol–water partition coefficient (Wildman–Crippen LogP) is 2.17. The van der Waals surface area contributed by atoms with Gasteiger partial charge >= 0.3 is 11.9 Å². The molecule has 0 N–H and O–H groups in total. The van der Waals surface area contributed by atoms with E-state index < -0.39 is 40.4 Å². The average Bonchev–Trinajstić information content (AvgIpc) is 2.50. The van der Waals surface area contributed by atoms with Gasteiger partial charge in [-0.25, -0.2) is 0 Å². The van der Waals surface area contributed by atoms with Crippen LogP contribution in [0.2, 0.25) is 0 Å². The Labute approximate surface area is 152 Å². The summed E-state index contributed by atoms with van der Waals surface area (Å²) in [6.45, 7) is 9.16. The number of esters is 2. The van der Waals surface area contributed by atoms with Crippen LogP contribution in [-0.2, 0) is 28.7 Å². The van der Waals surface area contributed by atoms with E-state index in [9.17, 15) is 19.2 Å². The van der Waals surface area contributed by atoms with Crippen LogP contribution in [0.15, 0.2) is 23.8 Å². The van der Waals surface area contributed by atoms with E-state index in [0.717, 1.165) is 0 Å². The topological polar surface area (TPSA) is 86.7 Å². The number of hydrogen-bond acceptors (Lipinski definition) is 6. The zero-order valence-corrected chi connectivity index (χ0v) is 15.9. The van der Waals surface area contributed by atoms with Crippen molar-refractivity contribution in [2.75, 3.05) is 0 Å². The third-order valence-electron chi connectivity index (χ3n) is 6.28. The Hall–Kier alpha value is -2.24. The molecule has 4 aliphatic rings. The van der Waals surface area contributed by atoms with Gasteiger partial charge in [-0.15, -0.1) is 0 Å². The molecule has 0 amide bonds. The Morgan fingerprint density at radius 2 is 1.50 bits per heavy atom. The Bertz CT molecular complexity index is 792. The Balaban J connectivity index is 2.24. The number of rotatable bonds is 2. The zero-order chi connectivity index (χ0) is 19.7. The first-order valence-electron chi connectivity index (χ1n) is 8.74. The fraction of sp³-hybridized carbons (Fsp3) is 0.600. The van der Waals surface area contributed by atoms with E-state index in [0.29, 0.717) is 5.57 Å². The second kappa shape index (κ2) is 5.38. The van der Waals surface area contributed by atoms with Gasteiger partial charge in [-0.3, -0.25) is 19.2 Å². The number of hydrogen-bond donors (Lipinski definition) is 0. The molecule has 4 aliphatic carbocycles. The van der Waals surface area contributed by atoms with Gasteiger partial charge in [0, 0.05) is 31.6 Å². The van der Waals surface area contributed by atoms with Crippen LogP contribution in [-0.4, -0.2) is 34.7 Å². The summed E-state index contributed by atoms with van der Waals surface area (Å²) >= 11 is 0. The van der Waals surface area contributed by atoms with E-state index in [1.165, 1.54) is 13.8 Å². The normalized spacial score (nSPS) is 43.6. The van der Waals surface area contributed by atoms with E-state index in [2.05, 4.69) is 0 Å². The van der Waals surface area contributed by atoms with Crippen molar-refractivity contribution in [2.45, 2.75) is 52.7 Å². The van der Waals surface area contributed by atoms with Crippen molar-refractivity contribution in [1.29, 1.82) is 0 Å². The SMILES string of the molecule is CC(=O)OC1(C)C(=O)C2(C)C=CC1C1C2C=C(C)C(=O)C1(C)OC(C)=O. The van der Waals surface area contributed by atoms with Crippen LogP contribution in [0.1, 0.15) is 41.5 Å². The maximum atomic E-state index is 13.3. The molecule has 6 atom stereocenters. The third kappa shape index (κ3) is 2.17. The molecule has 0 saturated heterocycles. The van der Waals surface area contributed by atoms with Crippen LogP contribution in [0.3, 0.4) is 0 Å². The predicted molar refractivity (Wildman–Crippen MR) is 91.8 cm³/mol. The van der Waals surface area contributed by atoms with Crippen molar-refractivity contribution in [2.24, 2.45) is 23.2 Å². The minimum Gasteiger partial charge on any atom is -0.451 e. The van der Waals surface area contributed by atoms with Crippen LogP contribution < -0.4 is 0 Å². The summed E-state index contributed by atoms with van der Waals surface area (Å²) in [7, 11) is 0. The summed E-state index contributed by atoms with van der Waals surface area (Å²) in [6, 6.07) is 0. The lowest BCUT2D eigenvalue weighted by molar-refractivity contribution is -0.205. The van der Waals surface area contributed by atoms with Crippen LogP contribution in [0.5, 0.6) is 0 Å². The molecule has 0 radical (unpaired) electrons. The number of Topliss-reactive ketones (excluding diaryl/α,β-unsaturated/α-hetero) is 2. The number of allylic oxidation sites excluding steroid dienone is 2. The Kier molecular flexibility index (Phi) is 3.84. The first-order valence-corrected chi connectivity index (χ1v) is 8.74. The molecule has 26 heavy (non-hydrogen) atoms. The molecular formula is C20H24O6. The van der Waals surface area contributed by atoms with Gasteiger partial charge in [0.25, 0.3) is 0 Å². The summed E-state index contributed by atoms with van der Waals surface area (Å²) < 4.78 is 11.0. The molecule has 140 valence electrons. The molecule has 6 heteroatoms. The van der Waals surface area contributed by atoms with Gasteiger partial charge in [-0.05, 0) is 33.3 Å². The van der Waals surface area contributed by atoms with E-state index in [4.69, 9.17) is 9.47 Å². The molecule has 0 heterocycles. The number of carbonyl (C=O) groups excluding carboxylic acids is 4. The smallest absolute Gasteiger partial charge is 0.303 e. The molecule has 6 unspecified atom stereocenters. The lowest BCUT2D eigenvalue weighted by atomic mass is 9.44. The van der Waals surface area contributed by atoms with Gasteiger partial charge < -0.3 is 9.47 Å². The van der Waals surface area contributed by atoms with E-state index in [1.807, 2.05) is 12.2 Å². The Morgan fingerprint density at radius 3 is 2.04 bits per heavy atom. The molecule has 0 spiro atoms. The lowest BCUT2D eigenvalue weighted by Gasteiger charge is -2.60. The third-order valence-corrected chi connectivity index (χ3v) is 6.28. The number of ketones is 2. The first kappa shape index (κ1) is 18.5. The highest BCUT2D eigenvalue weighted by Gasteiger charge is 2.70. The van der Waals surface area contributed by atoms with Gasteiger partial charge in [-0.2, -0.15) is 0 Å². The van der Waals surface area contributed by atoms with E-state index in [-0.39, 0.29) is 17.5 Å². The molecule has 0 aromatic rings. The van der Waals surface area contributed by atoms with Crippen LogP contribution >= 0.6 is 0 Å².